The molecule has 0 bridgehead atoms. The minimum absolute atomic E-state index is 4.66. The summed E-state index contributed by atoms with van der Waals surface area (Å²) < 4.78 is 176. The summed E-state index contributed by atoms with van der Waals surface area (Å²) >= 11 is 0. The topological polar surface area (TPSA) is 0 Å². The van der Waals surface area contributed by atoms with Crippen LogP contribution in [-0.2, 0) is 0 Å². The lowest BCUT2D eigenvalue weighted by atomic mass is 9.77. The zero-order valence-corrected chi connectivity index (χ0v) is 9.29. The predicted octanol–water partition coefficient (Wildman–Crippen LogP) is 4.96. The minimum Gasteiger partial charge on any atom is -0.219 e. The van der Waals surface area contributed by atoms with E-state index in [0.29, 0.717) is 0 Å². The number of halogens is 14. The third-order valence-corrected chi connectivity index (χ3v) is 2.73. The number of allylic oxidation sites excluding steroid dienone is 2. The molecule has 0 saturated carbocycles. The van der Waals surface area contributed by atoms with Crippen molar-refractivity contribution in [1.82, 2.24) is 0 Å². The van der Waals surface area contributed by atoms with E-state index in [-0.39, 0.29) is 0 Å². The maximum atomic E-state index is 13.2. The van der Waals surface area contributed by atoms with Crippen molar-refractivity contribution >= 4 is 0 Å². The second-order valence-corrected chi connectivity index (χ2v) is 4.07. The van der Waals surface area contributed by atoms with Gasteiger partial charge in [0.25, 0.3) is 0 Å². The van der Waals surface area contributed by atoms with E-state index >= 15 is 0 Å². The number of hydrogen-bond acceptors (Lipinski definition) is 0. The van der Waals surface area contributed by atoms with Crippen LogP contribution in [0.5, 0.6) is 0 Å². The molecular weight excluding hydrogens is 362 g/mol. The molecule has 0 saturated heterocycles. The average molecular weight is 362 g/mol. The molecule has 0 fully saturated rings. The van der Waals surface area contributed by atoms with Crippen molar-refractivity contribution in [1.29, 1.82) is 0 Å². The highest BCUT2D eigenvalue weighted by Gasteiger charge is 2.93. The maximum Gasteiger partial charge on any atom is 0.435 e. The highest BCUT2D eigenvalue weighted by Crippen LogP contribution is 2.67. The molecule has 1 aliphatic carbocycles. The van der Waals surface area contributed by atoms with Gasteiger partial charge in [-0.1, -0.05) is 0 Å². The van der Waals surface area contributed by atoms with Crippen molar-refractivity contribution in [2.24, 2.45) is 0 Å². The van der Waals surface area contributed by atoms with Crippen molar-refractivity contribution in [3.63, 3.8) is 0 Å². The SMILES string of the molecule is FC1=C(C(F)(F)F)C(F)(F)C(F)(F)C(F)(F)C1(F)C(F)(F)F. The first-order valence-electron chi connectivity index (χ1n) is 4.65. The molecule has 0 amide bonds. The van der Waals surface area contributed by atoms with E-state index in [1.165, 1.54) is 0 Å². The van der Waals surface area contributed by atoms with E-state index in [2.05, 4.69) is 0 Å². The first-order chi connectivity index (χ1) is 9.28. The van der Waals surface area contributed by atoms with Crippen LogP contribution in [0.25, 0.3) is 0 Å². The lowest BCUT2D eigenvalue weighted by Crippen LogP contribution is -2.73. The summed E-state index contributed by atoms with van der Waals surface area (Å²) in [5.41, 5.74) is -11.9. The fourth-order valence-electron chi connectivity index (χ4n) is 1.62. The summed E-state index contributed by atoms with van der Waals surface area (Å²) in [6, 6.07) is 0. The van der Waals surface area contributed by atoms with Crippen LogP contribution in [0.4, 0.5) is 61.5 Å². The van der Waals surface area contributed by atoms with Crippen molar-refractivity contribution in [2.75, 3.05) is 0 Å². The minimum atomic E-state index is -7.54. The molecule has 0 aromatic carbocycles. The Labute approximate surface area is 110 Å². The average Bonchev–Trinajstić information content (AvgIpc) is 2.21. The van der Waals surface area contributed by atoms with Gasteiger partial charge >= 0.3 is 35.8 Å². The Bertz CT molecular complexity index is 504. The smallest absolute Gasteiger partial charge is 0.219 e. The standard InChI is InChI=1S/C8F14/c9-2-1(5(13,14)15)4(11,12)7(18,19)6(16,17)3(2,10)8(20,21)22. The Morgan fingerprint density at radius 3 is 1.27 bits per heavy atom. The van der Waals surface area contributed by atoms with E-state index < -0.39 is 47.2 Å². The second-order valence-electron chi connectivity index (χ2n) is 4.07. The zero-order valence-electron chi connectivity index (χ0n) is 9.29. The quantitative estimate of drug-likeness (QED) is 0.535. The summed E-state index contributed by atoms with van der Waals surface area (Å²) in [7, 11) is 0. The van der Waals surface area contributed by atoms with Gasteiger partial charge in [0.15, 0.2) is 5.83 Å². The predicted molar refractivity (Wildman–Crippen MR) is 38.9 cm³/mol. The molecular formula is C8F14. The Hall–Kier alpha value is -1.24. The normalized spacial score (nSPS) is 31.4. The molecule has 130 valence electrons. The molecule has 22 heavy (non-hydrogen) atoms. The van der Waals surface area contributed by atoms with Crippen LogP contribution < -0.4 is 0 Å². The molecule has 0 nitrogen and oxygen atoms in total. The van der Waals surface area contributed by atoms with Crippen LogP contribution >= 0.6 is 0 Å². The first kappa shape index (κ1) is 18.8. The maximum absolute atomic E-state index is 13.2. The monoisotopic (exact) mass is 362 g/mol. The van der Waals surface area contributed by atoms with Gasteiger partial charge in [0.05, 0.1) is 0 Å². The van der Waals surface area contributed by atoms with Gasteiger partial charge < -0.3 is 0 Å². The van der Waals surface area contributed by atoms with Crippen molar-refractivity contribution in [2.45, 2.75) is 35.8 Å². The van der Waals surface area contributed by atoms with Crippen molar-refractivity contribution < 1.29 is 61.5 Å². The molecule has 0 N–H and O–H groups in total. The molecule has 1 rings (SSSR count). The second kappa shape index (κ2) is 4.19. The summed E-state index contributed by atoms with van der Waals surface area (Å²) in [5, 5.41) is 0. The van der Waals surface area contributed by atoms with E-state index in [9.17, 15) is 61.5 Å². The van der Waals surface area contributed by atoms with Gasteiger partial charge in [0.1, 0.15) is 5.57 Å². The molecule has 0 aromatic heterocycles. The number of hydrogen-bond donors (Lipinski definition) is 0. The van der Waals surface area contributed by atoms with Crippen molar-refractivity contribution in [3.8, 4) is 0 Å². The van der Waals surface area contributed by atoms with E-state index in [0.717, 1.165) is 0 Å². The van der Waals surface area contributed by atoms with Crippen LogP contribution in [0.15, 0.2) is 11.4 Å². The van der Waals surface area contributed by atoms with Gasteiger partial charge in [-0.15, -0.1) is 0 Å². The molecule has 1 unspecified atom stereocenters. The first-order valence-corrected chi connectivity index (χ1v) is 4.65. The van der Waals surface area contributed by atoms with Crippen LogP contribution in [0.1, 0.15) is 0 Å². The van der Waals surface area contributed by atoms with E-state index in [1.54, 1.807) is 0 Å². The summed E-state index contributed by atoms with van der Waals surface area (Å²) in [6.07, 6.45) is -14.4. The molecule has 1 atom stereocenters. The Balaban J connectivity index is 4.04. The van der Waals surface area contributed by atoms with Gasteiger partial charge in [-0.2, -0.15) is 52.7 Å². The molecule has 14 heteroatoms. The molecule has 0 aromatic rings. The fourth-order valence-corrected chi connectivity index (χ4v) is 1.62. The van der Waals surface area contributed by atoms with Gasteiger partial charge in [-0.25, -0.2) is 8.78 Å². The van der Waals surface area contributed by atoms with Crippen LogP contribution in [-0.4, -0.2) is 35.8 Å². The summed E-state index contributed by atoms with van der Waals surface area (Å²) in [5.74, 6) is -27.0. The highest BCUT2D eigenvalue weighted by molar-refractivity contribution is 5.41. The lowest BCUT2D eigenvalue weighted by molar-refractivity contribution is -0.392. The highest BCUT2D eigenvalue weighted by atomic mass is 19.4. The third-order valence-electron chi connectivity index (χ3n) is 2.73. The van der Waals surface area contributed by atoms with Crippen LogP contribution in [0, 0.1) is 0 Å². The molecule has 0 heterocycles. The number of rotatable bonds is 0. The van der Waals surface area contributed by atoms with Crippen LogP contribution in [0.2, 0.25) is 0 Å². The molecule has 0 radical (unpaired) electrons. The van der Waals surface area contributed by atoms with Crippen molar-refractivity contribution in [3.05, 3.63) is 11.4 Å². The summed E-state index contributed by atoms with van der Waals surface area (Å²) in [6.45, 7) is 0. The summed E-state index contributed by atoms with van der Waals surface area (Å²) in [4.78, 5) is 0. The van der Waals surface area contributed by atoms with Gasteiger partial charge in [0.2, 0.25) is 0 Å². The Morgan fingerprint density at radius 2 is 1.00 bits per heavy atom. The van der Waals surface area contributed by atoms with E-state index in [4.69, 9.17) is 0 Å². The molecule has 1 aliphatic rings. The Morgan fingerprint density at radius 1 is 0.636 bits per heavy atom. The fraction of sp³-hybridized carbons (Fsp3) is 0.750. The molecule has 0 spiro atoms. The van der Waals surface area contributed by atoms with Gasteiger partial charge in [-0.05, 0) is 0 Å². The van der Waals surface area contributed by atoms with Crippen LogP contribution in [0.3, 0.4) is 0 Å². The van der Waals surface area contributed by atoms with E-state index in [1.807, 2.05) is 0 Å². The lowest BCUT2D eigenvalue weighted by Gasteiger charge is -2.45. The zero-order chi connectivity index (χ0) is 18.2. The van der Waals surface area contributed by atoms with Gasteiger partial charge in [0, 0.05) is 0 Å². The number of alkyl halides is 13. The Kier molecular flexibility index (Phi) is 3.58. The third kappa shape index (κ3) is 1.84. The largest absolute Gasteiger partial charge is 0.435 e. The molecule has 0 aliphatic heterocycles. The van der Waals surface area contributed by atoms with Gasteiger partial charge in [-0.3, -0.25) is 0 Å².